The van der Waals surface area contributed by atoms with Crippen molar-refractivity contribution >= 4 is 6.09 Å². The lowest BCUT2D eigenvalue weighted by Crippen LogP contribution is -2.29. The van der Waals surface area contributed by atoms with Gasteiger partial charge in [-0.15, -0.1) is 0 Å². The van der Waals surface area contributed by atoms with Crippen LogP contribution in [0.25, 0.3) is 0 Å². The molecule has 58 valence electrons. The SMILES string of the molecule is CCCC1NC(=O)OC1C. The monoisotopic (exact) mass is 143 g/mol. The van der Waals surface area contributed by atoms with E-state index in [0.29, 0.717) is 0 Å². The van der Waals surface area contributed by atoms with Gasteiger partial charge < -0.3 is 10.1 Å². The normalized spacial score (nSPS) is 31.6. The number of rotatable bonds is 2. The molecule has 1 amide bonds. The zero-order valence-electron chi connectivity index (χ0n) is 6.39. The zero-order chi connectivity index (χ0) is 7.56. The average Bonchev–Trinajstić information content (AvgIpc) is 2.13. The summed E-state index contributed by atoms with van der Waals surface area (Å²) in [6, 6.07) is 0.234. The molecule has 1 N–H and O–H groups in total. The molecule has 0 aromatic rings. The first-order valence-corrected chi connectivity index (χ1v) is 3.71. The molecule has 2 atom stereocenters. The van der Waals surface area contributed by atoms with Gasteiger partial charge in [-0.25, -0.2) is 4.79 Å². The van der Waals surface area contributed by atoms with E-state index >= 15 is 0 Å². The number of alkyl carbamates (subject to hydrolysis) is 1. The Bertz CT molecular complexity index is 136. The van der Waals surface area contributed by atoms with E-state index in [1.807, 2.05) is 6.92 Å². The maximum absolute atomic E-state index is 10.6. The van der Waals surface area contributed by atoms with Crippen molar-refractivity contribution in [2.24, 2.45) is 0 Å². The first kappa shape index (κ1) is 7.38. The Morgan fingerprint density at radius 2 is 2.40 bits per heavy atom. The highest BCUT2D eigenvalue weighted by Crippen LogP contribution is 2.12. The number of amides is 1. The van der Waals surface area contributed by atoms with Crippen LogP contribution in [0, 0.1) is 0 Å². The number of carbonyl (C=O) groups excluding carboxylic acids is 1. The fraction of sp³-hybridized carbons (Fsp3) is 0.857. The van der Waals surface area contributed by atoms with Gasteiger partial charge >= 0.3 is 6.09 Å². The van der Waals surface area contributed by atoms with E-state index in [9.17, 15) is 4.79 Å². The van der Waals surface area contributed by atoms with Crippen LogP contribution in [0.15, 0.2) is 0 Å². The minimum Gasteiger partial charge on any atom is -0.444 e. The molecule has 0 radical (unpaired) electrons. The number of carbonyl (C=O) groups is 1. The average molecular weight is 143 g/mol. The van der Waals surface area contributed by atoms with E-state index in [0.717, 1.165) is 12.8 Å². The minimum absolute atomic E-state index is 0.0486. The lowest BCUT2D eigenvalue weighted by molar-refractivity contribution is 0.140. The van der Waals surface area contributed by atoms with E-state index in [4.69, 9.17) is 4.74 Å². The number of ether oxygens (including phenoxy) is 1. The summed E-state index contributed by atoms with van der Waals surface area (Å²) in [7, 11) is 0. The summed E-state index contributed by atoms with van der Waals surface area (Å²) >= 11 is 0. The lowest BCUT2D eigenvalue weighted by Gasteiger charge is -2.09. The molecule has 0 spiro atoms. The van der Waals surface area contributed by atoms with Gasteiger partial charge in [0.15, 0.2) is 0 Å². The summed E-state index contributed by atoms with van der Waals surface area (Å²) in [5, 5.41) is 2.74. The largest absolute Gasteiger partial charge is 0.444 e. The fourth-order valence-corrected chi connectivity index (χ4v) is 1.17. The highest BCUT2D eigenvalue weighted by atomic mass is 16.6. The van der Waals surface area contributed by atoms with Crippen LogP contribution in [-0.4, -0.2) is 18.2 Å². The van der Waals surface area contributed by atoms with Crippen LogP contribution in [0.4, 0.5) is 4.79 Å². The van der Waals surface area contributed by atoms with Crippen molar-refractivity contribution in [3.05, 3.63) is 0 Å². The summed E-state index contributed by atoms with van der Waals surface area (Å²) < 4.78 is 4.88. The zero-order valence-corrected chi connectivity index (χ0v) is 6.39. The van der Waals surface area contributed by atoms with Crippen LogP contribution < -0.4 is 5.32 Å². The molecule has 1 aliphatic heterocycles. The van der Waals surface area contributed by atoms with Gasteiger partial charge in [0.25, 0.3) is 0 Å². The molecule has 1 heterocycles. The summed E-state index contributed by atoms with van der Waals surface area (Å²) in [5.41, 5.74) is 0. The van der Waals surface area contributed by atoms with Gasteiger partial charge in [-0.05, 0) is 13.3 Å². The van der Waals surface area contributed by atoms with Crippen LogP contribution in [0.5, 0.6) is 0 Å². The van der Waals surface area contributed by atoms with Crippen molar-refractivity contribution in [1.29, 1.82) is 0 Å². The van der Waals surface area contributed by atoms with Crippen LogP contribution in [0.2, 0.25) is 0 Å². The molecule has 3 heteroatoms. The third-order valence-electron chi connectivity index (χ3n) is 1.76. The van der Waals surface area contributed by atoms with E-state index < -0.39 is 0 Å². The molecule has 1 rings (SSSR count). The van der Waals surface area contributed by atoms with Crippen LogP contribution in [0.3, 0.4) is 0 Å². The molecule has 3 nitrogen and oxygen atoms in total. The van der Waals surface area contributed by atoms with Crippen molar-refractivity contribution in [3.8, 4) is 0 Å². The molecule has 10 heavy (non-hydrogen) atoms. The Hall–Kier alpha value is -0.730. The molecule has 1 aliphatic rings. The Kier molecular flexibility index (Phi) is 2.14. The molecule has 0 aromatic heterocycles. The van der Waals surface area contributed by atoms with Crippen molar-refractivity contribution < 1.29 is 9.53 Å². The second-order valence-corrected chi connectivity index (χ2v) is 2.65. The summed E-state index contributed by atoms with van der Waals surface area (Å²) in [6.45, 7) is 4.01. The second kappa shape index (κ2) is 2.90. The third kappa shape index (κ3) is 1.40. The van der Waals surface area contributed by atoms with Crippen LogP contribution >= 0.6 is 0 Å². The molecule has 1 fully saturated rings. The van der Waals surface area contributed by atoms with Gasteiger partial charge in [-0.2, -0.15) is 0 Å². The van der Waals surface area contributed by atoms with Crippen molar-refractivity contribution in [2.75, 3.05) is 0 Å². The number of hydrogen-bond donors (Lipinski definition) is 1. The molecular weight excluding hydrogens is 130 g/mol. The van der Waals surface area contributed by atoms with Gasteiger partial charge in [0.2, 0.25) is 0 Å². The standard InChI is InChI=1S/C7H13NO2/c1-3-4-6-5(2)10-7(9)8-6/h5-6H,3-4H2,1-2H3,(H,8,9). The lowest BCUT2D eigenvalue weighted by atomic mass is 10.1. The number of hydrogen-bond acceptors (Lipinski definition) is 2. The fourth-order valence-electron chi connectivity index (χ4n) is 1.17. The molecule has 0 bridgehead atoms. The van der Waals surface area contributed by atoms with Gasteiger partial charge in [0, 0.05) is 0 Å². The van der Waals surface area contributed by atoms with Gasteiger partial charge in [-0.3, -0.25) is 0 Å². The van der Waals surface area contributed by atoms with E-state index in [2.05, 4.69) is 12.2 Å². The quantitative estimate of drug-likeness (QED) is 0.632. The second-order valence-electron chi connectivity index (χ2n) is 2.65. The molecule has 1 saturated heterocycles. The summed E-state index contributed by atoms with van der Waals surface area (Å²) in [4.78, 5) is 10.6. The van der Waals surface area contributed by atoms with Crippen LogP contribution in [-0.2, 0) is 4.74 Å². The highest BCUT2D eigenvalue weighted by molar-refractivity contribution is 5.70. The topological polar surface area (TPSA) is 38.3 Å². The van der Waals surface area contributed by atoms with Gasteiger partial charge in [0.05, 0.1) is 6.04 Å². The predicted octanol–water partition coefficient (Wildman–Crippen LogP) is 1.28. The first-order chi connectivity index (χ1) is 4.74. The van der Waals surface area contributed by atoms with Crippen LogP contribution in [0.1, 0.15) is 26.7 Å². The molecule has 0 aliphatic carbocycles. The van der Waals surface area contributed by atoms with E-state index in [1.165, 1.54) is 0 Å². The van der Waals surface area contributed by atoms with Crippen molar-refractivity contribution in [2.45, 2.75) is 38.8 Å². The molecule has 0 aromatic carbocycles. The summed E-state index contributed by atoms with van der Waals surface area (Å²) in [6.07, 6.45) is 1.87. The predicted molar refractivity (Wildman–Crippen MR) is 37.8 cm³/mol. The molecular formula is C7H13NO2. The Morgan fingerprint density at radius 3 is 2.80 bits per heavy atom. The van der Waals surface area contributed by atoms with Gasteiger partial charge in [-0.1, -0.05) is 13.3 Å². The Morgan fingerprint density at radius 1 is 1.70 bits per heavy atom. The molecule has 2 unspecified atom stereocenters. The number of nitrogens with one attached hydrogen (secondary N) is 1. The maximum Gasteiger partial charge on any atom is 0.407 e. The van der Waals surface area contributed by atoms with E-state index in [-0.39, 0.29) is 18.2 Å². The Labute approximate surface area is 60.7 Å². The minimum atomic E-state index is -0.272. The van der Waals surface area contributed by atoms with E-state index in [1.54, 1.807) is 0 Å². The maximum atomic E-state index is 10.6. The van der Waals surface area contributed by atoms with Crippen molar-refractivity contribution in [3.63, 3.8) is 0 Å². The third-order valence-corrected chi connectivity index (χ3v) is 1.76. The Balaban J connectivity index is 2.38. The first-order valence-electron chi connectivity index (χ1n) is 3.71. The van der Waals surface area contributed by atoms with Gasteiger partial charge in [0.1, 0.15) is 6.10 Å². The van der Waals surface area contributed by atoms with Crippen molar-refractivity contribution in [1.82, 2.24) is 5.32 Å². The highest BCUT2D eigenvalue weighted by Gasteiger charge is 2.28. The summed E-state index contributed by atoms with van der Waals surface area (Å²) in [5.74, 6) is 0. The molecule has 0 saturated carbocycles. The number of cyclic esters (lactones) is 1. The smallest absolute Gasteiger partial charge is 0.407 e.